The number of carbonyl (C=O) groups is 2. The minimum atomic E-state index is -5.17. The van der Waals surface area contributed by atoms with Gasteiger partial charge in [-0.1, -0.05) is 12.1 Å². The van der Waals surface area contributed by atoms with E-state index in [0.717, 1.165) is 12.1 Å². The third-order valence-corrected chi connectivity index (χ3v) is 2.05. The highest BCUT2D eigenvalue weighted by Gasteiger charge is 2.33. The number of halogens is 3. The highest BCUT2D eigenvalue weighted by molar-refractivity contribution is 6.73. The molecular weight excluding hydrogens is 212 g/mol. The van der Waals surface area contributed by atoms with Gasteiger partial charge in [-0.05, 0) is 6.07 Å². The molecule has 0 N–H and O–H groups in total. The number of rotatable bonds is 1. The molecule has 0 radical (unpaired) electrons. The lowest BCUT2D eigenvalue weighted by Gasteiger charge is -2.14. The van der Waals surface area contributed by atoms with E-state index in [1.54, 1.807) is 0 Å². The summed E-state index contributed by atoms with van der Waals surface area (Å²) in [4.78, 5) is 21.9. The Labute approximate surface area is 81.9 Å². The van der Waals surface area contributed by atoms with E-state index in [2.05, 4.69) is 4.74 Å². The summed E-state index contributed by atoms with van der Waals surface area (Å²) in [6.07, 6.45) is 0. The van der Waals surface area contributed by atoms with Crippen molar-refractivity contribution in [3.63, 3.8) is 0 Å². The van der Waals surface area contributed by atoms with Crippen molar-refractivity contribution in [2.75, 3.05) is 0 Å². The van der Waals surface area contributed by atoms with Crippen LogP contribution in [-0.2, 0) is 4.74 Å². The predicted molar refractivity (Wildman–Crippen MR) is 44.9 cm³/mol. The van der Waals surface area contributed by atoms with Crippen LogP contribution in [-0.4, -0.2) is 18.9 Å². The van der Waals surface area contributed by atoms with Gasteiger partial charge in [-0.25, -0.2) is 9.59 Å². The average molecular weight is 215 g/mol. The molecule has 78 valence electrons. The molecule has 2 rings (SSSR count). The van der Waals surface area contributed by atoms with E-state index in [9.17, 15) is 22.5 Å². The SMILES string of the molecule is O=C1OC(=O)c2cc([B-](F)(F)F)ccc21. The number of hydrogen-bond donors (Lipinski definition) is 0. The van der Waals surface area contributed by atoms with Gasteiger partial charge in [-0.2, -0.15) is 0 Å². The quantitative estimate of drug-likeness (QED) is 0.399. The van der Waals surface area contributed by atoms with Crippen molar-refractivity contribution < 1.29 is 27.3 Å². The molecule has 1 aromatic carbocycles. The number of hydrogen-bond acceptors (Lipinski definition) is 3. The van der Waals surface area contributed by atoms with Crippen molar-refractivity contribution >= 4 is 24.4 Å². The monoisotopic (exact) mass is 215 g/mol. The first-order valence-electron chi connectivity index (χ1n) is 4.00. The lowest BCUT2D eigenvalue weighted by atomic mass is 9.79. The number of fused-ring (bicyclic) bond motifs is 1. The zero-order valence-corrected chi connectivity index (χ0v) is 7.17. The van der Waals surface area contributed by atoms with Crippen molar-refractivity contribution in [3.8, 4) is 0 Å². The fourth-order valence-corrected chi connectivity index (χ4v) is 1.31. The average Bonchev–Trinajstić information content (AvgIpc) is 2.41. The molecule has 0 bridgehead atoms. The van der Waals surface area contributed by atoms with Crippen LogP contribution in [0.3, 0.4) is 0 Å². The third-order valence-electron chi connectivity index (χ3n) is 2.05. The van der Waals surface area contributed by atoms with Crippen molar-refractivity contribution in [2.45, 2.75) is 0 Å². The van der Waals surface area contributed by atoms with E-state index in [-0.39, 0.29) is 11.1 Å². The highest BCUT2D eigenvalue weighted by atomic mass is 19.4. The first-order valence-corrected chi connectivity index (χ1v) is 4.00. The fourth-order valence-electron chi connectivity index (χ4n) is 1.31. The molecule has 0 spiro atoms. The summed E-state index contributed by atoms with van der Waals surface area (Å²) in [6, 6.07) is 2.36. The maximum atomic E-state index is 12.3. The Bertz CT molecular complexity index is 467. The molecule has 0 unspecified atom stereocenters. The predicted octanol–water partition coefficient (Wildman–Crippen LogP) is 1.05. The summed E-state index contributed by atoms with van der Waals surface area (Å²) in [6.45, 7) is -5.17. The molecule has 1 heterocycles. The van der Waals surface area contributed by atoms with Crippen LogP contribution in [0.1, 0.15) is 20.7 Å². The normalized spacial score (nSPS) is 15.1. The van der Waals surface area contributed by atoms with Crippen molar-refractivity contribution in [1.29, 1.82) is 0 Å². The zero-order valence-electron chi connectivity index (χ0n) is 7.17. The zero-order chi connectivity index (χ0) is 11.2. The number of esters is 2. The van der Waals surface area contributed by atoms with E-state index in [0.29, 0.717) is 6.07 Å². The molecule has 1 aliphatic heterocycles. The molecule has 7 heteroatoms. The van der Waals surface area contributed by atoms with Gasteiger partial charge in [-0.15, -0.1) is 5.46 Å². The Balaban J connectivity index is 2.57. The van der Waals surface area contributed by atoms with Crippen LogP contribution >= 0.6 is 0 Å². The van der Waals surface area contributed by atoms with Crippen LogP contribution in [0.4, 0.5) is 12.9 Å². The second-order valence-electron chi connectivity index (χ2n) is 3.06. The van der Waals surface area contributed by atoms with Crippen molar-refractivity contribution in [1.82, 2.24) is 0 Å². The van der Waals surface area contributed by atoms with Gasteiger partial charge in [0.05, 0.1) is 11.1 Å². The summed E-state index contributed by atoms with van der Waals surface area (Å²) in [5, 5.41) is 0. The molecule has 0 fully saturated rings. The highest BCUT2D eigenvalue weighted by Crippen LogP contribution is 2.20. The smallest absolute Gasteiger partial charge is 0.445 e. The van der Waals surface area contributed by atoms with E-state index in [1.807, 2.05) is 0 Å². The molecule has 0 aromatic heterocycles. The van der Waals surface area contributed by atoms with Crippen LogP contribution in [0.25, 0.3) is 0 Å². The topological polar surface area (TPSA) is 43.4 Å². The third kappa shape index (κ3) is 1.49. The first kappa shape index (κ1) is 9.76. The van der Waals surface area contributed by atoms with Crippen molar-refractivity contribution in [2.24, 2.45) is 0 Å². The number of cyclic esters (lactones) is 2. The van der Waals surface area contributed by atoms with Gasteiger partial charge in [0.15, 0.2) is 0 Å². The first-order chi connectivity index (χ1) is 6.89. The minimum absolute atomic E-state index is 0.121. The molecule has 0 atom stereocenters. The summed E-state index contributed by atoms with van der Waals surface area (Å²) in [5.74, 6) is -1.94. The summed E-state index contributed by atoms with van der Waals surface area (Å²) in [7, 11) is 0. The Kier molecular flexibility index (Phi) is 1.85. The van der Waals surface area contributed by atoms with Gasteiger partial charge in [0, 0.05) is 0 Å². The van der Waals surface area contributed by atoms with Crippen LogP contribution in [0.5, 0.6) is 0 Å². The lowest BCUT2D eigenvalue weighted by Crippen LogP contribution is -2.34. The maximum absolute atomic E-state index is 12.3. The van der Waals surface area contributed by atoms with Crippen LogP contribution in [0.2, 0.25) is 0 Å². The Morgan fingerprint density at radius 1 is 1.00 bits per heavy atom. The molecule has 0 saturated heterocycles. The number of carbonyl (C=O) groups excluding carboxylic acids is 2. The standard InChI is InChI=1S/C8H3BF3O3/c10-9(11,12)4-1-2-5-6(3-4)8(14)15-7(5)13/h1-3H/q-1. The van der Waals surface area contributed by atoms with Gasteiger partial charge >= 0.3 is 18.9 Å². The van der Waals surface area contributed by atoms with Gasteiger partial charge in [0.2, 0.25) is 0 Å². The molecule has 15 heavy (non-hydrogen) atoms. The Hall–Kier alpha value is -1.79. The van der Waals surface area contributed by atoms with Crippen molar-refractivity contribution in [3.05, 3.63) is 29.3 Å². The molecule has 0 amide bonds. The van der Waals surface area contributed by atoms with Gasteiger partial charge in [0.25, 0.3) is 0 Å². The van der Waals surface area contributed by atoms with E-state index in [4.69, 9.17) is 0 Å². The maximum Gasteiger partial charge on any atom is 0.509 e. The number of ether oxygens (including phenoxy) is 1. The second-order valence-corrected chi connectivity index (χ2v) is 3.06. The van der Waals surface area contributed by atoms with Crippen LogP contribution in [0, 0.1) is 0 Å². The largest absolute Gasteiger partial charge is 0.509 e. The second kappa shape index (κ2) is 2.85. The van der Waals surface area contributed by atoms with Gasteiger partial charge in [-0.3, -0.25) is 0 Å². The summed E-state index contributed by atoms with van der Waals surface area (Å²) < 4.78 is 41.1. The molecule has 0 aliphatic carbocycles. The molecule has 0 saturated carbocycles. The Morgan fingerprint density at radius 2 is 1.60 bits per heavy atom. The molecular formula is C8H3BF3O3-. The lowest BCUT2D eigenvalue weighted by molar-refractivity contribution is 0.0444. The van der Waals surface area contributed by atoms with Crippen LogP contribution < -0.4 is 5.46 Å². The summed E-state index contributed by atoms with van der Waals surface area (Å²) >= 11 is 0. The Morgan fingerprint density at radius 3 is 2.20 bits per heavy atom. The van der Waals surface area contributed by atoms with Gasteiger partial charge < -0.3 is 17.7 Å². The van der Waals surface area contributed by atoms with E-state index < -0.39 is 24.4 Å². The molecule has 1 aromatic rings. The van der Waals surface area contributed by atoms with Crippen LogP contribution in [0.15, 0.2) is 18.2 Å². The number of benzene rings is 1. The fraction of sp³-hybridized carbons (Fsp3) is 0. The van der Waals surface area contributed by atoms with Gasteiger partial charge in [0.1, 0.15) is 0 Å². The van der Waals surface area contributed by atoms with E-state index >= 15 is 0 Å². The summed E-state index contributed by atoms with van der Waals surface area (Å²) in [5.41, 5.74) is -1.36. The minimum Gasteiger partial charge on any atom is -0.445 e. The molecule has 3 nitrogen and oxygen atoms in total. The van der Waals surface area contributed by atoms with E-state index in [1.165, 1.54) is 0 Å². The molecule has 1 aliphatic rings.